The molecular weight excluding hydrogens is 290 g/mol. The Morgan fingerprint density at radius 1 is 1.28 bits per heavy atom. The minimum Gasteiger partial charge on any atom is -0.352 e. The number of halogens is 1. The molecule has 0 heterocycles. The van der Waals surface area contributed by atoms with Crippen molar-refractivity contribution in [2.45, 2.75) is 39.2 Å². The van der Waals surface area contributed by atoms with Gasteiger partial charge in [0, 0.05) is 16.9 Å². The summed E-state index contributed by atoms with van der Waals surface area (Å²) in [5, 5.41) is 3.06. The van der Waals surface area contributed by atoms with Crippen molar-refractivity contribution in [2.75, 3.05) is 0 Å². The average molecular weight is 310 g/mol. The minimum absolute atomic E-state index is 0.220. The third-order valence-electron chi connectivity index (χ3n) is 3.80. The van der Waals surface area contributed by atoms with Crippen molar-refractivity contribution in [1.29, 1.82) is 0 Å². The molecule has 0 aromatic heterocycles. The Morgan fingerprint density at radius 3 is 2.61 bits per heavy atom. The van der Waals surface area contributed by atoms with Crippen LogP contribution in [0.15, 0.2) is 28.7 Å². The molecule has 0 atom stereocenters. The minimum atomic E-state index is 0.220. The van der Waals surface area contributed by atoms with Crippen LogP contribution in [0, 0.1) is 11.8 Å². The van der Waals surface area contributed by atoms with Gasteiger partial charge in [0.05, 0.1) is 0 Å². The number of rotatable bonds is 3. The smallest absolute Gasteiger partial charge is 0.223 e. The van der Waals surface area contributed by atoms with Crippen LogP contribution in [0.5, 0.6) is 0 Å². The summed E-state index contributed by atoms with van der Waals surface area (Å²) in [6.45, 7) is 2.89. The fourth-order valence-electron chi connectivity index (χ4n) is 2.49. The zero-order chi connectivity index (χ0) is 13.0. The second kappa shape index (κ2) is 6.37. The van der Waals surface area contributed by atoms with E-state index in [2.05, 4.69) is 28.2 Å². The Kier molecular flexibility index (Phi) is 4.81. The summed E-state index contributed by atoms with van der Waals surface area (Å²) in [6, 6.07) is 8.02. The molecule has 0 saturated heterocycles. The molecule has 0 unspecified atom stereocenters. The summed E-state index contributed by atoms with van der Waals surface area (Å²) < 4.78 is 1.06. The zero-order valence-electron chi connectivity index (χ0n) is 10.8. The van der Waals surface area contributed by atoms with Crippen LogP contribution in [-0.2, 0) is 11.3 Å². The van der Waals surface area contributed by atoms with Crippen molar-refractivity contribution in [2.24, 2.45) is 11.8 Å². The van der Waals surface area contributed by atoms with Crippen LogP contribution in [0.1, 0.15) is 38.2 Å². The molecule has 0 bridgehead atoms. The summed E-state index contributed by atoms with van der Waals surface area (Å²) in [4.78, 5) is 12.1. The summed E-state index contributed by atoms with van der Waals surface area (Å²) in [6.07, 6.45) is 4.46. The van der Waals surface area contributed by atoms with E-state index in [9.17, 15) is 4.79 Å². The molecule has 1 amide bonds. The van der Waals surface area contributed by atoms with Crippen molar-refractivity contribution < 1.29 is 4.79 Å². The first-order chi connectivity index (χ1) is 8.66. The number of nitrogens with one attached hydrogen (secondary N) is 1. The van der Waals surface area contributed by atoms with E-state index in [1.165, 1.54) is 12.8 Å². The molecule has 1 aliphatic carbocycles. The molecule has 1 fully saturated rings. The van der Waals surface area contributed by atoms with E-state index >= 15 is 0 Å². The van der Waals surface area contributed by atoms with E-state index in [0.717, 1.165) is 28.8 Å². The van der Waals surface area contributed by atoms with Gasteiger partial charge in [-0.2, -0.15) is 0 Å². The van der Waals surface area contributed by atoms with Crippen molar-refractivity contribution in [3.63, 3.8) is 0 Å². The second-order valence-electron chi connectivity index (χ2n) is 5.27. The molecule has 18 heavy (non-hydrogen) atoms. The van der Waals surface area contributed by atoms with Gasteiger partial charge in [0.2, 0.25) is 5.91 Å². The quantitative estimate of drug-likeness (QED) is 0.901. The lowest BCUT2D eigenvalue weighted by Gasteiger charge is -2.25. The molecule has 1 saturated carbocycles. The molecule has 0 spiro atoms. The van der Waals surface area contributed by atoms with Gasteiger partial charge >= 0.3 is 0 Å². The molecule has 1 aromatic carbocycles. The van der Waals surface area contributed by atoms with Crippen LogP contribution >= 0.6 is 15.9 Å². The maximum atomic E-state index is 12.1. The number of amides is 1. The van der Waals surface area contributed by atoms with E-state index in [0.29, 0.717) is 6.54 Å². The van der Waals surface area contributed by atoms with Gasteiger partial charge in [-0.3, -0.25) is 4.79 Å². The van der Waals surface area contributed by atoms with Crippen LogP contribution in [0.25, 0.3) is 0 Å². The number of hydrogen-bond donors (Lipinski definition) is 1. The highest BCUT2D eigenvalue weighted by molar-refractivity contribution is 9.10. The van der Waals surface area contributed by atoms with Crippen molar-refractivity contribution >= 4 is 21.8 Å². The molecular formula is C15H20BrNO. The number of carbonyl (C=O) groups is 1. The van der Waals surface area contributed by atoms with Crippen LogP contribution in [-0.4, -0.2) is 5.91 Å². The Balaban J connectivity index is 1.83. The first-order valence-electron chi connectivity index (χ1n) is 6.68. The van der Waals surface area contributed by atoms with Gasteiger partial charge < -0.3 is 5.32 Å². The molecule has 0 radical (unpaired) electrons. The van der Waals surface area contributed by atoms with Gasteiger partial charge in [-0.15, -0.1) is 0 Å². The Labute approximate surface area is 117 Å². The first-order valence-corrected chi connectivity index (χ1v) is 7.47. The number of benzene rings is 1. The highest BCUT2D eigenvalue weighted by Gasteiger charge is 2.23. The summed E-state index contributed by atoms with van der Waals surface area (Å²) in [5.74, 6) is 1.23. The van der Waals surface area contributed by atoms with Gasteiger partial charge in [0.25, 0.3) is 0 Å². The van der Waals surface area contributed by atoms with E-state index < -0.39 is 0 Å². The second-order valence-corrected chi connectivity index (χ2v) is 6.12. The van der Waals surface area contributed by atoms with Crippen molar-refractivity contribution in [3.05, 3.63) is 34.3 Å². The number of carbonyl (C=O) groups excluding carboxylic acids is 1. The van der Waals surface area contributed by atoms with E-state index in [-0.39, 0.29) is 11.8 Å². The fraction of sp³-hybridized carbons (Fsp3) is 0.533. The van der Waals surface area contributed by atoms with E-state index in [1.807, 2.05) is 24.3 Å². The summed E-state index contributed by atoms with van der Waals surface area (Å²) >= 11 is 3.50. The van der Waals surface area contributed by atoms with Crippen LogP contribution in [0.3, 0.4) is 0 Å². The molecule has 3 heteroatoms. The Bertz CT molecular complexity index is 411. The summed E-state index contributed by atoms with van der Waals surface area (Å²) in [5.41, 5.74) is 1.13. The number of hydrogen-bond acceptors (Lipinski definition) is 1. The average Bonchev–Trinajstić information content (AvgIpc) is 2.38. The van der Waals surface area contributed by atoms with Gasteiger partial charge in [0.1, 0.15) is 0 Å². The summed E-state index contributed by atoms with van der Waals surface area (Å²) in [7, 11) is 0. The third-order valence-corrected chi connectivity index (χ3v) is 4.57. The molecule has 0 aliphatic heterocycles. The Morgan fingerprint density at radius 2 is 1.94 bits per heavy atom. The molecule has 1 N–H and O–H groups in total. The predicted octanol–water partition coefficient (Wildman–Crippen LogP) is 3.89. The maximum Gasteiger partial charge on any atom is 0.223 e. The van der Waals surface area contributed by atoms with Gasteiger partial charge in [-0.05, 0) is 43.2 Å². The third kappa shape index (κ3) is 3.58. The molecule has 2 nitrogen and oxygen atoms in total. The lowest BCUT2D eigenvalue weighted by atomic mass is 9.82. The highest BCUT2D eigenvalue weighted by Crippen LogP contribution is 2.28. The van der Waals surface area contributed by atoms with Gasteiger partial charge in [-0.1, -0.05) is 41.1 Å². The predicted molar refractivity (Wildman–Crippen MR) is 77.1 cm³/mol. The fourth-order valence-corrected chi connectivity index (χ4v) is 2.92. The van der Waals surface area contributed by atoms with Crippen LogP contribution < -0.4 is 5.32 Å². The van der Waals surface area contributed by atoms with Crippen molar-refractivity contribution in [1.82, 2.24) is 5.32 Å². The maximum absolute atomic E-state index is 12.1. The monoisotopic (exact) mass is 309 g/mol. The van der Waals surface area contributed by atoms with Crippen LogP contribution in [0.2, 0.25) is 0 Å². The molecule has 1 aliphatic rings. The lowest BCUT2D eigenvalue weighted by Crippen LogP contribution is -2.32. The van der Waals surface area contributed by atoms with Gasteiger partial charge in [-0.25, -0.2) is 0 Å². The van der Waals surface area contributed by atoms with E-state index in [1.54, 1.807) is 0 Å². The lowest BCUT2D eigenvalue weighted by molar-refractivity contribution is -0.126. The largest absolute Gasteiger partial charge is 0.352 e. The zero-order valence-corrected chi connectivity index (χ0v) is 12.4. The normalized spacial score (nSPS) is 23.7. The van der Waals surface area contributed by atoms with Crippen molar-refractivity contribution in [3.8, 4) is 0 Å². The molecule has 98 valence electrons. The topological polar surface area (TPSA) is 29.1 Å². The SMILES string of the molecule is CC1CCC(C(=O)NCc2ccccc2Br)CC1. The van der Waals surface area contributed by atoms with Gasteiger partial charge in [0.15, 0.2) is 0 Å². The molecule has 2 rings (SSSR count). The molecule has 1 aromatic rings. The highest BCUT2D eigenvalue weighted by atomic mass is 79.9. The van der Waals surface area contributed by atoms with E-state index in [4.69, 9.17) is 0 Å². The first kappa shape index (κ1) is 13.6. The van der Waals surface area contributed by atoms with Crippen LogP contribution in [0.4, 0.5) is 0 Å². The Hall–Kier alpha value is -0.830. The standard InChI is InChI=1S/C15H20BrNO/c1-11-6-8-12(9-7-11)15(18)17-10-13-4-2-3-5-14(13)16/h2-5,11-12H,6-10H2,1H3,(H,17,18).